The number of nitro benzene ring substituents is 1. The molecule has 2 heterocycles. The van der Waals surface area contributed by atoms with E-state index in [1.807, 2.05) is 42.5 Å². The topological polar surface area (TPSA) is 120 Å². The van der Waals surface area contributed by atoms with Gasteiger partial charge in [0.05, 0.1) is 38.0 Å². The van der Waals surface area contributed by atoms with Gasteiger partial charge < -0.3 is 19.1 Å². The standard InChI is InChI=1S/C28H26N4O6/c1-36-21-10-8-18(9-11-21)25-24-26(30-29-25)28(33)31(27(24)19-5-4-6-20(16-19)32(34)35)14-13-17-7-12-22(37-2)23(15-17)38-3/h4-12,15-16,27H,13-14H2,1-3H3,(H,29,30). The van der Waals surface area contributed by atoms with Gasteiger partial charge in [-0.15, -0.1) is 0 Å². The number of amides is 1. The number of methoxy groups -OCH3 is 3. The Kier molecular flexibility index (Phi) is 6.69. The van der Waals surface area contributed by atoms with E-state index in [1.54, 1.807) is 38.4 Å². The highest BCUT2D eigenvalue weighted by molar-refractivity contribution is 6.00. The molecule has 1 N–H and O–H groups in total. The van der Waals surface area contributed by atoms with Gasteiger partial charge in [-0.05, 0) is 53.9 Å². The molecule has 38 heavy (non-hydrogen) atoms. The summed E-state index contributed by atoms with van der Waals surface area (Å²) in [5, 5.41) is 18.9. The summed E-state index contributed by atoms with van der Waals surface area (Å²) in [5.74, 6) is 1.70. The third-order valence-corrected chi connectivity index (χ3v) is 6.71. The van der Waals surface area contributed by atoms with Gasteiger partial charge >= 0.3 is 0 Å². The Labute approximate surface area is 218 Å². The van der Waals surface area contributed by atoms with E-state index < -0.39 is 11.0 Å². The summed E-state index contributed by atoms with van der Waals surface area (Å²) in [4.78, 5) is 26.5. The summed E-state index contributed by atoms with van der Waals surface area (Å²) in [6, 6.07) is 18.8. The molecule has 10 nitrogen and oxygen atoms in total. The first-order valence-electron chi connectivity index (χ1n) is 11.9. The highest BCUT2D eigenvalue weighted by Gasteiger charge is 2.42. The van der Waals surface area contributed by atoms with E-state index in [2.05, 4.69) is 10.2 Å². The van der Waals surface area contributed by atoms with Crippen LogP contribution >= 0.6 is 0 Å². The number of hydrogen-bond acceptors (Lipinski definition) is 7. The summed E-state index contributed by atoms with van der Waals surface area (Å²) in [6.45, 7) is 0.367. The van der Waals surface area contributed by atoms with Gasteiger partial charge in [0.25, 0.3) is 11.6 Å². The first kappa shape index (κ1) is 24.8. The van der Waals surface area contributed by atoms with Crippen molar-refractivity contribution in [3.63, 3.8) is 0 Å². The van der Waals surface area contributed by atoms with Crippen LogP contribution in [-0.4, -0.2) is 53.8 Å². The number of non-ortho nitro benzene ring substituents is 1. The fourth-order valence-electron chi connectivity index (χ4n) is 4.84. The number of rotatable bonds is 9. The summed E-state index contributed by atoms with van der Waals surface area (Å²) in [6.07, 6.45) is 0.535. The Balaban J connectivity index is 1.55. The maximum absolute atomic E-state index is 13.6. The molecule has 1 unspecified atom stereocenters. The largest absolute Gasteiger partial charge is 0.497 e. The molecule has 1 aromatic heterocycles. The van der Waals surface area contributed by atoms with Crippen LogP contribution < -0.4 is 14.2 Å². The molecule has 0 aliphatic carbocycles. The Hall–Kier alpha value is -4.86. The Morgan fingerprint density at radius 3 is 2.42 bits per heavy atom. The monoisotopic (exact) mass is 514 g/mol. The van der Waals surface area contributed by atoms with Crippen LogP contribution in [0.1, 0.15) is 33.2 Å². The third-order valence-electron chi connectivity index (χ3n) is 6.71. The molecule has 0 saturated heterocycles. The maximum atomic E-state index is 13.6. The van der Waals surface area contributed by atoms with Gasteiger partial charge in [-0.2, -0.15) is 5.10 Å². The minimum Gasteiger partial charge on any atom is -0.497 e. The molecule has 10 heteroatoms. The first-order chi connectivity index (χ1) is 18.4. The molecule has 1 aliphatic rings. The van der Waals surface area contributed by atoms with E-state index in [-0.39, 0.29) is 11.6 Å². The lowest BCUT2D eigenvalue weighted by Crippen LogP contribution is -2.31. The molecule has 0 bridgehead atoms. The van der Waals surface area contributed by atoms with Crippen LogP contribution in [0.5, 0.6) is 17.2 Å². The average molecular weight is 515 g/mol. The minimum absolute atomic E-state index is 0.0438. The van der Waals surface area contributed by atoms with Crippen LogP contribution in [0.4, 0.5) is 5.69 Å². The Morgan fingerprint density at radius 1 is 0.974 bits per heavy atom. The molecule has 0 radical (unpaired) electrons. The maximum Gasteiger partial charge on any atom is 0.273 e. The number of fused-ring (bicyclic) bond motifs is 1. The first-order valence-corrected chi connectivity index (χ1v) is 11.9. The van der Waals surface area contributed by atoms with E-state index in [1.165, 1.54) is 12.1 Å². The fraction of sp³-hybridized carbons (Fsp3) is 0.214. The number of aromatic amines is 1. The van der Waals surface area contributed by atoms with Gasteiger partial charge in [-0.1, -0.05) is 18.2 Å². The number of nitro groups is 1. The van der Waals surface area contributed by atoms with Gasteiger partial charge in [0, 0.05) is 29.8 Å². The quantitative estimate of drug-likeness (QED) is 0.252. The molecule has 4 aromatic rings. The van der Waals surface area contributed by atoms with Gasteiger partial charge in [0.15, 0.2) is 11.5 Å². The Morgan fingerprint density at radius 2 is 1.74 bits per heavy atom. The number of nitrogens with zero attached hydrogens (tertiary/aromatic N) is 3. The second kappa shape index (κ2) is 10.3. The summed E-state index contributed by atoms with van der Waals surface area (Å²) >= 11 is 0. The zero-order valence-electron chi connectivity index (χ0n) is 21.1. The molecule has 3 aromatic carbocycles. The van der Waals surface area contributed by atoms with Crippen molar-refractivity contribution in [1.29, 1.82) is 0 Å². The average Bonchev–Trinajstić information content (AvgIpc) is 3.50. The predicted octanol–water partition coefficient (Wildman–Crippen LogP) is 4.80. The Bertz CT molecular complexity index is 1500. The number of ether oxygens (including phenoxy) is 3. The molecule has 194 valence electrons. The number of nitrogens with one attached hydrogen (secondary N) is 1. The number of aromatic nitrogens is 2. The zero-order chi connectivity index (χ0) is 26.8. The normalized spacial score (nSPS) is 14.3. The van der Waals surface area contributed by atoms with E-state index in [9.17, 15) is 14.9 Å². The lowest BCUT2D eigenvalue weighted by molar-refractivity contribution is -0.384. The molecular formula is C28H26N4O6. The van der Waals surface area contributed by atoms with Gasteiger partial charge in [0.1, 0.15) is 11.4 Å². The smallest absolute Gasteiger partial charge is 0.273 e. The molecule has 1 atom stereocenters. The SMILES string of the molecule is COc1ccc(-c2n[nH]c3c2C(c2cccc([N+](=O)[O-])c2)N(CCc2ccc(OC)c(OC)c2)C3=O)cc1. The van der Waals surface area contributed by atoms with Crippen molar-refractivity contribution in [1.82, 2.24) is 15.1 Å². The van der Waals surface area contributed by atoms with Gasteiger partial charge in [-0.25, -0.2) is 0 Å². The summed E-state index contributed by atoms with van der Waals surface area (Å²) < 4.78 is 16.0. The van der Waals surface area contributed by atoms with E-state index >= 15 is 0 Å². The highest BCUT2D eigenvalue weighted by Crippen LogP contribution is 2.43. The second-order valence-electron chi connectivity index (χ2n) is 8.78. The van der Waals surface area contributed by atoms with Crippen LogP contribution in [0.3, 0.4) is 0 Å². The van der Waals surface area contributed by atoms with E-state index in [4.69, 9.17) is 14.2 Å². The molecular weight excluding hydrogens is 488 g/mol. The van der Waals surface area contributed by atoms with Crippen molar-refractivity contribution in [3.05, 3.63) is 99.2 Å². The van der Waals surface area contributed by atoms with Crippen molar-refractivity contribution in [3.8, 4) is 28.5 Å². The van der Waals surface area contributed by atoms with Crippen LogP contribution in [-0.2, 0) is 6.42 Å². The highest BCUT2D eigenvalue weighted by atomic mass is 16.6. The number of carbonyl (C=O) groups excluding carboxylic acids is 1. The molecule has 0 spiro atoms. The van der Waals surface area contributed by atoms with E-state index in [0.717, 1.165) is 11.1 Å². The molecule has 1 aliphatic heterocycles. The van der Waals surface area contributed by atoms with Crippen LogP contribution in [0.15, 0.2) is 66.7 Å². The lowest BCUT2D eigenvalue weighted by atomic mass is 9.95. The van der Waals surface area contributed by atoms with Crippen LogP contribution in [0.2, 0.25) is 0 Å². The fourth-order valence-corrected chi connectivity index (χ4v) is 4.84. The number of benzene rings is 3. The molecule has 5 rings (SSSR count). The lowest BCUT2D eigenvalue weighted by Gasteiger charge is -2.26. The van der Waals surface area contributed by atoms with Gasteiger partial charge in [-0.3, -0.25) is 20.0 Å². The van der Waals surface area contributed by atoms with Crippen molar-refractivity contribution < 1.29 is 23.9 Å². The van der Waals surface area contributed by atoms with Gasteiger partial charge in [0.2, 0.25) is 0 Å². The zero-order valence-corrected chi connectivity index (χ0v) is 21.1. The minimum atomic E-state index is -0.562. The number of hydrogen-bond donors (Lipinski definition) is 1. The predicted molar refractivity (Wildman–Crippen MR) is 140 cm³/mol. The molecule has 0 saturated carbocycles. The number of H-pyrrole nitrogens is 1. The van der Waals surface area contributed by atoms with E-state index in [0.29, 0.717) is 52.7 Å². The van der Waals surface area contributed by atoms with Crippen molar-refractivity contribution in [2.75, 3.05) is 27.9 Å². The summed E-state index contributed by atoms with van der Waals surface area (Å²) in [5.41, 5.74) is 4.02. The van der Waals surface area contributed by atoms with Crippen molar-refractivity contribution >= 4 is 11.6 Å². The second-order valence-corrected chi connectivity index (χ2v) is 8.78. The van der Waals surface area contributed by atoms with Crippen LogP contribution in [0, 0.1) is 10.1 Å². The number of carbonyl (C=O) groups is 1. The molecule has 0 fully saturated rings. The van der Waals surface area contributed by atoms with Crippen LogP contribution in [0.25, 0.3) is 11.3 Å². The van der Waals surface area contributed by atoms with Crippen molar-refractivity contribution in [2.24, 2.45) is 0 Å². The summed E-state index contributed by atoms with van der Waals surface area (Å²) in [7, 11) is 4.74. The van der Waals surface area contributed by atoms with Crippen molar-refractivity contribution in [2.45, 2.75) is 12.5 Å². The molecule has 1 amide bonds. The third kappa shape index (κ3) is 4.40.